The van der Waals surface area contributed by atoms with E-state index in [2.05, 4.69) is 27.7 Å². The monoisotopic (exact) mass is 1260 g/mol. The Kier molecular flexibility index (Phi) is 20.2. The Bertz CT molecular complexity index is 2270. The molecule has 87 heavy (non-hydrogen) atoms. The Morgan fingerprint density at radius 3 is 1.48 bits per heavy atom. The highest BCUT2D eigenvalue weighted by molar-refractivity contribution is 5.17. The first-order valence-corrected chi connectivity index (χ1v) is 31.0. The van der Waals surface area contributed by atoms with Crippen LogP contribution >= 0.6 is 0 Å². The van der Waals surface area contributed by atoms with Crippen LogP contribution < -0.4 is 0 Å². The van der Waals surface area contributed by atoms with E-state index in [0.717, 1.165) is 32.1 Å². The molecule has 7 saturated heterocycles. The quantitative estimate of drug-likeness (QED) is 0.0678. The summed E-state index contributed by atoms with van der Waals surface area (Å²) in [5.41, 5.74) is -0.554. The van der Waals surface area contributed by atoms with Crippen molar-refractivity contribution in [2.45, 2.75) is 263 Å². The van der Waals surface area contributed by atoms with Crippen molar-refractivity contribution >= 4 is 0 Å². The van der Waals surface area contributed by atoms with Gasteiger partial charge in [0.05, 0.1) is 64.1 Å². The molecule has 39 atom stereocenters. The number of fused-ring (bicyclic) bond motifs is 7. The fraction of sp³-hybridized carbons (Fsp3) is 1.00. The average Bonchev–Trinajstić information content (AvgIpc) is 1.59. The van der Waals surface area contributed by atoms with Gasteiger partial charge in [-0.2, -0.15) is 0 Å². The molecule has 11 aliphatic rings. The molecule has 0 aromatic carbocycles. The van der Waals surface area contributed by atoms with E-state index < -0.39 is 216 Å². The first-order valence-electron chi connectivity index (χ1n) is 31.0. The fourth-order valence-corrected chi connectivity index (χ4v) is 17.7. The van der Waals surface area contributed by atoms with Crippen LogP contribution in [-0.2, 0) is 56.8 Å². The maximum atomic E-state index is 12.2. The molecule has 11 rings (SSSR count). The molecule has 4 saturated carbocycles. The zero-order valence-corrected chi connectivity index (χ0v) is 49.1. The molecule has 30 heteroatoms. The van der Waals surface area contributed by atoms with Crippen LogP contribution in [0.3, 0.4) is 0 Å². The molecule has 0 radical (unpaired) electrons. The molecule has 7 heterocycles. The van der Waals surface area contributed by atoms with Crippen molar-refractivity contribution in [1.82, 2.24) is 0 Å². The highest BCUT2D eigenvalue weighted by Crippen LogP contribution is 2.71. The summed E-state index contributed by atoms with van der Waals surface area (Å²) in [6.45, 7) is 4.85. The second kappa shape index (κ2) is 26.2. The largest absolute Gasteiger partial charge is 0.394 e. The predicted molar refractivity (Wildman–Crippen MR) is 284 cm³/mol. The van der Waals surface area contributed by atoms with Gasteiger partial charge in [0.2, 0.25) is 0 Å². The van der Waals surface area contributed by atoms with Gasteiger partial charge in [0.25, 0.3) is 0 Å². The summed E-state index contributed by atoms with van der Waals surface area (Å²) in [6.07, 6.45) is -46.2. The lowest BCUT2D eigenvalue weighted by atomic mass is 9.43. The van der Waals surface area contributed by atoms with Crippen LogP contribution in [0.4, 0.5) is 0 Å². The molecule has 0 bridgehead atoms. The number of aliphatic hydroxyl groups is 18. The summed E-state index contributed by atoms with van der Waals surface area (Å²) in [5, 5.41) is 199. The number of hydrogen-bond acceptors (Lipinski definition) is 30. The second-order valence-electron chi connectivity index (χ2n) is 27.4. The maximum Gasteiger partial charge on any atom is 0.187 e. The summed E-state index contributed by atoms with van der Waals surface area (Å²) < 4.78 is 73.0. The van der Waals surface area contributed by atoms with Crippen molar-refractivity contribution in [1.29, 1.82) is 0 Å². The molecular weight excluding hydrogens is 1160 g/mol. The van der Waals surface area contributed by atoms with Gasteiger partial charge in [-0.25, -0.2) is 0 Å². The van der Waals surface area contributed by atoms with Gasteiger partial charge in [-0.3, -0.25) is 0 Å². The minimum Gasteiger partial charge on any atom is -0.394 e. The summed E-state index contributed by atoms with van der Waals surface area (Å²) >= 11 is 0. The van der Waals surface area contributed by atoms with Gasteiger partial charge in [0.1, 0.15) is 122 Å². The lowest BCUT2D eigenvalue weighted by Crippen LogP contribution is -2.69. The summed E-state index contributed by atoms with van der Waals surface area (Å²) in [4.78, 5) is 0. The van der Waals surface area contributed by atoms with Gasteiger partial charge in [-0.05, 0) is 91.3 Å². The third-order valence-electron chi connectivity index (χ3n) is 22.6. The molecule has 0 aromatic heterocycles. The summed E-state index contributed by atoms with van der Waals surface area (Å²) in [6, 6.07) is 0. The molecule has 0 unspecified atom stereocenters. The standard InChI is InChI=1S/C57H94O30/c1-19-5-8-57(76-18-19)20(2)34-28(87-57)10-23-21-9-25(63)24-11-27(26(64)12-56(24,4)22(21)6-7-55(23,34)3)77-50-44(74)41(71)46(33(17-62)82-50)83-54-49(48(38(68)32(16-61)81-54)85-52-43(73)40(70)36(66)30(14-59)79-52)86-53-45(75)47(37(67)31(15-60)80-53)84-51-42(72)39(69)35(65)29(13-58)78-51/h19-54,58-75H,5-18H2,1-4H3/t19-,20+,21-,22+,23+,24-,25-,26-,27-,28+,29-,30-,31-,32-,33-,34+,35-,36-,37-,38-,39+,40+,41-,42-,43-,44-,45-,46+,47+,48+,49-,50-,51+,52+,53+,54+,55+,56-,57-/m1/s1. The van der Waals surface area contributed by atoms with Crippen molar-refractivity contribution < 1.29 is 149 Å². The zero-order valence-electron chi connectivity index (χ0n) is 49.1. The molecule has 11 fully saturated rings. The normalized spacial score (nSPS) is 57.9. The topological polar surface area (TPSA) is 475 Å². The molecule has 7 aliphatic heterocycles. The van der Waals surface area contributed by atoms with E-state index in [1.807, 2.05) is 0 Å². The van der Waals surface area contributed by atoms with E-state index in [9.17, 15) is 91.9 Å². The Morgan fingerprint density at radius 1 is 0.414 bits per heavy atom. The smallest absolute Gasteiger partial charge is 0.187 e. The number of rotatable bonds is 15. The van der Waals surface area contributed by atoms with Crippen molar-refractivity contribution in [2.75, 3.05) is 39.6 Å². The van der Waals surface area contributed by atoms with Crippen LogP contribution in [0.5, 0.6) is 0 Å². The maximum absolute atomic E-state index is 12.2. The van der Waals surface area contributed by atoms with Crippen molar-refractivity contribution in [3.8, 4) is 0 Å². The number of ether oxygens (including phenoxy) is 12. The molecule has 1 spiro atoms. The van der Waals surface area contributed by atoms with Crippen molar-refractivity contribution in [3.63, 3.8) is 0 Å². The van der Waals surface area contributed by atoms with Crippen LogP contribution in [0, 0.1) is 52.3 Å². The van der Waals surface area contributed by atoms with Crippen molar-refractivity contribution in [2.24, 2.45) is 52.3 Å². The predicted octanol–water partition coefficient (Wildman–Crippen LogP) is -7.14. The van der Waals surface area contributed by atoms with E-state index >= 15 is 0 Å². The Labute approximate surface area is 502 Å². The van der Waals surface area contributed by atoms with Gasteiger partial charge in [-0.15, -0.1) is 0 Å². The highest BCUT2D eigenvalue weighted by Gasteiger charge is 2.71. The van der Waals surface area contributed by atoms with E-state index in [-0.39, 0.29) is 54.0 Å². The third-order valence-corrected chi connectivity index (χ3v) is 22.6. The molecule has 30 nitrogen and oxygen atoms in total. The molecule has 18 N–H and O–H groups in total. The number of hydrogen-bond donors (Lipinski definition) is 18. The van der Waals surface area contributed by atoms with Gasteiger partial charge in [0, 0.05) is 12.3 Å². The van der Waals surface area contributed by atoms with E-state index in [1.165, 1.54) is 0 Å². The van der Waals surface area contributed by atoms with E-state index in [1.54, 1.807) is 0 Å². The molecular formula is C57H94O30. The average molecular weight is 1260 g/mol. The van der Waals surface area contributed by atoms with E-state index in [0.29, 0.717) is 24.9 Å². The molecule has 502 valence electrons. The minimum absolute atomic E-state index is 0.0338. The van der Waals surface area contributed by atoms with Gasteiger partial charge in [-0.1, -0.05) is 27.7 Å². The van der Waals surface area contributed by atoms with Gasteiger partial charge >= 0.3 is 0 Å². The SMILES string of the molecule is C[C@@H]1CC[C@@]2(OC1)O[C@H]1C[C@H]3[C@@H]4C[C@@H](O)[C@H]5C[C@@H](O[C@@H]6O[C@H](CO)[C@H](O[C@@H]7O[C@H](CO)[C@@H](O)[C@H](O[C@@H]8O[C@H](CO)[C@@H](O)[C@H](O)[C@H]8O)[C@H]7O[C@@H]7O[C@H](CO)[C@@H](O)[C@H](O[C@@H]8O[C@H](CO)[C@@H](O)[C@H](O)[C@H]8O)[C@H]7O)[C@H](O)[C@H]6O)[C@H](O)C[C@]5(C)[C@H]4CC[C@]3(C)[C@H]1[C@@H]2C. The summed E-state index contributed by atoms with van der Waals surface area (Å²) in [7, 11) is 0. The summed E-state index contributed by atoms with van der Waals surface area (Å²) in [5.74, 6) is 0.680. The zero-order chi connectivity index (χ0) is 62.7. The third kappa shape index (κ3) is 11.7. The van der Waals surface area contributed by atoms with Crippen LogP contribution in [-0.4, -0.2) is 315 Å². The van der Waals surface area contributed by atoms with Gasteiger partial charge < -0.3 is 149 Å². The molecule has 0 aromatic rings. The highest BCUT2D eigenvalue weighted by atomic mass is 16.8. The van der Waals surface area contributed by atoms with Crippen molar-refractivity contribution in [3.05, 3.63) is 0 Å². The minimum atomic E-state index is -2.26. The lowest BCUT2D eigenvalue weighted by molar-refractivity contribution is -0.412. The second-order valence-corrected chi connectivity index (χ2v) is 27.4. The molecule has 0 amide bonds. The Balaban J connectivity index is 0.810. The first kappa shape index (κ1) is 67.2. The van der Waals surface area contributed by atoms with Crippen LogP contribution in [0.2, 0.25) is 0 Å². The number of aliphatic hydroxyl groups excluding tert-OH is 18. The fourth-order valence-electron chi connectivity index (χ4n) is 17.7. The molecule has 4 aliphatic carbocycles. The Hall–Kier alpha value is -1.20. The van der Waals surface area contributed by atoms with Crippen LogP contribution in [0.15, 0.2) is 0 Å². The first-order chi connectivity index (χ1) is 41.3. The lowest BCUT2D eigenvalue weighted by Gasteiger charge is -2.63. The van der Waals surface area contributed by atoms with Crippen LogP contribution in [0.1, 0.15) is 79.1 Å². The Morgan fingerprint density at radius 2 is 0.908 bits per heavy atom. The van der Waals surface area contributed by atoms with E-state index in [4.69, 9.17) is 56.8 Å². The van der Waals surface area contributed by atoms with Crippen LogP contribution in [0.25, 0.3) is 0 Å². The van der Waals surface area contributed by atoms with Gasteiger partial charge in [0.15, 0.2) is 37.2 Å².